The number of hydrogen-bond donors (Lipinski definition) is 2. The highest BCUT2D eigenvalue weighted by Gasteiger charge is 2.31. The van der Waals surface area contributed by atoms with Crippen molar-refractivity contribution in [1.29, 1.82) is 0 Å². The highest BCUT2D eigenvalue weighted by atomic mass is 16.5. The van der Waals surface area contributed by atoms with Gasteiger partial charge in [0.15, 0.2) is 0 Å². The Morgan fingerprint density at radius 3 is 2.74 bits per heavy atom. The molecule has 1 aliphatic carbocycles. The Kier molecular flexibility index (Phi) is 7.39. The average molecular weight is 270 g/mol. The molecule has 0 aromatic rings. The molecule has 0 heterocycles. The molecule has 0 spiro atoms. The van der Waals surface area contributed by atoms with Gasteiger partial charge in [-0.15, -0.1) is 0 Å². The minimum Gasteiger partial charge on any atom is -0.378 e. The van der Waals surface area contributed by atoms with Crippen molar-refractivity contribution in [2.45, 2.75) is 65.4 Å². The minimum atomic E-state index is -0.0913. The molecular weight excluding hydrogens is 240 g/mol. The Morgan fingerprint density at radius 2 is 2.11 bits per heavy atom. The Morgan fingerprint density at radius 1 is 1.37 bits per heavy atom. The quantitative estimate of drug-likeness (QED) is 0.323. The number of unbranched alkanes of at least 4 members (excludes halogenated alkanes) is 1. The molecule has 4 heteroatoms. The number of amides is 1. The third-order valence-electron chi connectivity index (χ3n) is 4.25. The number of hydrogen-bond acceptors (Lipinski definition) is 3. The molecule has 3 atom stereocenters. The van der Waals surface area contributed by atoms with Crippen LogP contribution in [0.4, 0.5) is 0 Å². The fourth-order valence-electron chi connectivity index (χ4n) is 3.00. The zero-order valence-corrected chi connectivity index (χ0v) is 12.7. The second kappa shape index (κ2) is 8.54. The Hall–Kier alpha value is -0.610. The summed E-state index contributed by atoms with van der Waals surface area (Å²) < 4.78 is 6.08. The van der Waals surface area contributed by atoms with Crippen LogP contribution >= 0.6 is 0 Å². The fourth-order valence-corrected chi connectivity index (χ4v) is 3.00. The number of ether oxygens (including phenoxy) is 1. The van der Waals surface area contributed by atoms with Crippen LogP contribution < -0.4 is 11.3 Å². The van der Waals surface area contributed by atoms with Crippen molar-refractivity contribution in [2.75, 3.05) is 6.61 Å². The molecule has 0 saturated heterocycles. The van der Waals surface area contributed by atoms with E-state index in [2.05, 4.69) is 26.2 Å². The van der Waals surface area contributed by atoms with E-state index in [1.165, 1.54) is 19.3 Å². The van der Waals surface area contributed by atoms with Gasteiger partial charge in [0, 0.05) is 13.0 Å². The topological polar surface area (TPSA) is 64.3 Å². The summed E-state index contributed by atoms with van der Waals surface area (Å²) in [5.41, 5.74) is 2.15. The Balaban J connectivity index is 2.23. The highest BCUT2D eigenvalue weighted by molar-refractivity contribution is 5.74. The zero-order chi connectivity index (χ0) is 14.3. The van der Waals surface area contributed by atoms with E-state index in [4.69, 9.17) is 10.6 Å². The van der Waals surface area contributed by atoms with Crippen LogP contribution in [0.15, 0.2) is 0 Å². The van der Waals surface area contributed by atoms with E-state index in [9.17, 15) is 4.79 Å². The van der Waals surface area contributed by atoms with Gasteiger partial charge < -0.3 is 4.74 Å². The molecule has 1 aliphatic rings. The normalized spacial score (nSPS) is 27.5. The summed E-state index contributed by atoms with van der Waals surface area (Å²) in [6.45, 7) is 7.67. The van der Waals surface area contributed by atoms with Gasteiger partial charge in [-0.05, 0) is 43.4 Å². The molecule has 19 heavy (non-hydrogen) atoms. The van der Waals surface area contributed by atoms with E-state index < -0.39 is 0 Å². The first-order valence-electron chi connectivity index (χ1n) is 7.65. The lowest BCUT2D eigenvalue weighted by atomic mass is 9.75. The van der Waals surface area contributed by atoms with Gasteiger partial charge in [-0.25, -0.2) is 5.84 Å². The highest BCUT2D eigenvalue weighted by Crippen LogP contribution is 2.35. The number of nitrogens with one attached hydrogen (secondary N) is 1. The predicted molar refractivity (Wildman–Crippen MR) is 77.3 cm³/mol. The van der Waals surface area contributed by atoms with E-state index in [0.29, 0.717) is 24.4 Å². The largest absolute Gasteiger partial charge is 0.378 e. The second-order valence-electron chi connectivity index (χ2n) is 6.26. The number of nitrogens with two attached hydrogens (primary N) is 1. The lowest BCUT2D eigenvalue weighted by Gasteiger charge is -2.37. The second-order valence-corrected chi connectivity index (χ2v) is 6.26. The van der Waals surface area contributed by atoms with Gasteiger partial charge in [-0.3, -0.25) is 10.2 Å². The van der Waals surface area contributed by atoms with Crippen molar-refractivity contribution < 1.29 is 9.53 Å². The molecule has 0 bridgehead atoms. The van der Waals surface area contributed by atoms with E-state index >= 15 is 0 Å². The van der Waals surface area contributed by atoms with Gasteiger partial charge in [-0.1, -0.05) is 27.2 Å². The summed E-state index contributed by atoms with van der Waals surface area (Å²) in [4.78, 5) is 11.0. The summed E-state index contributed by atoms with van der Waals surface area (Å²) in [7, 11) is 0. The molecule has 0 aromatic carbocycles. The first kappa shape index (κ1) is 16.4. The summed E-state index contributed by atoms with van der Waals surface area (Å²) in [6.07, 6.45) is 6.49. The standard InChI is InChI=1S/C15H30N2O2/c1-11(2)13-8-7-12(3)10-14(13)19-9-5-4-6-15(18)17-16/h11-14H,4-10,16H2,1-3H3,(H,17,18). The van der Waals surface area contributed by atoms with Crippen LogP contribution in [0.1, 0.15) is 59.3 Å². The Labute approximate surface area is 117 Å². The molecule has 3 N–H and O–H groups in total. The van der Waals surface area contributed by atoms with Gasteiger partial charge in [-0.2, -0.15) is 0 Å². The summed E-state index contributed by atoms with van der Waals surface area (Å²) in [6, 6.07) is 0. The SMILES string of the molecule is CC1CCC(C(C)C)C(OCCCCC(=O)NN)C1. The van der Waals surface area contributed by atoms with Gasteiger partial charge in [0.05, 0.1) is 6.10 Å². The predicted octanol–water partition coefficient (Wildman–Crippen LogP) is 2.62. The van der Waals surface area contributed by atoms with Crippen LogP contribution in [0.2, 0.25) is 0 Å². The lowest BCUT2D eigenvalue weighted by molar-refractivity contribution is -0.121. The summed E-state index contributed by atoms with van der Waals surface area (Å²) in [5, 5.41) is 0. The zero-order valence-electron chi connectivity index (χ0n) is 12.7. The van der Waals surface area contributed by atoms with Crippen LogP contribution in [0, 0.1) is 17.8 Å². The van der Waals surface area contributed by atoms with E-state index in [0.717, 1.165) is 25.4 Å². The van der Waals surface area contributed by atoms with Crippen molar-refractivity contribution in [3.8, 4) is 0 Å². The number of hydrazine groups is 1. The molecule has 1 rings (SSSR count). The fraction of sp³-hybridized carbons (Fsp3) is 0.933. The molecule has 0 aliphatic heterocycles. The third-order valence-corrected chi connectivity index (χ3v) is 4.25. The molecular formula is C15H30N2O2. The van der Waals surface area contributed by atoms with Crippen LogP contribution in [0.5, 0.6) is 0 Å². The molecule has 0 aromatic heterocycles. The smallest absolute Gasteiger partial charge is 0.233 e. The first-order valence-corrected chi connectivity index (χ1v) is 7.65. The summed E-state index contributed by atoms with van der Waals surface area (Å²) >= 11 is 0. The molecule has 4 nitrogen and oxygen atoms in total. The molecule has 112 valence electrons. The maximum absolute atomic E-state index is 11.0. The monoisotopic (exact) mass is 270 g/mol. The maximum atomic E-state index is 11.0. The summed E-state index contributed by atoms with van der Waals surface area (Å²) in [5.74, 6) is 7.12. The molecule has 3 unspecified atom stereocenters. The van der Waals surface area contributed by atoms with E-state index in [1.807, 2.05) is 0 Å². The van der Waals surface area contributed by atoms with Crippen molar-refractivity contribution in [3.05, 3.63) is 0 Å². The molecule has 1 fully saturated rings. The maximum Gasteiger partial charge on any atom is 0.233 e. The average Bonchev–Trinajstić information content (AvgIpc) is 2.37. The van der Waals surface area contributed by atoms with Crippen LogP contribution in [0.3, 0.4) is 0 Å². The van der Waals surface area contributed by atoms with Crippen molar-refractivity contribution in [1.82, 2.24) is 5.43 Å². The number of carbonyl (C=O) groups is 1. The van der Waals surface area contributed by atoms with Crippen LogP contribution in [-0.4, -0.2) is 18.6 Å². The Bertz CT molecular complexity index is 269. The molecule has 0 radical (unpaired) electrons. The van der Waals surface area contributed by atoms with Gasteiger partial charge in [0.2, 0.25) is 5.91 Å². The van der Waals surface area contributed by atoms with E-state index in [1.54, 1.807) is 0 Å². The molecule has 1 saturated carbocycles. The van der Waals surface area contributed by atoms with Crippen molar-refractivity contribution in [3.63, 3.8) is 0 Å². The minimum absolute atomic E-state index is 0.0913. The number of carbonyl (C=O) groups excluding carboxylic acids is 1. The lowest BCUT2D eigenvalue weighted by Crippen LogP contribution is -2.34. The first-order chi connectivity index (χ1) is 9.04. The van der Waals surface area contributed by atoms with E-state index in [-0.39, 0.29) is 5.91 Å². The van der Waals surface area contributed by atoms with Gasteiger partial charge in [0.1, 0.15) is 0 Å². The number of rotatable bonds is 7. The third kappa shape index (κ3) is 5.91. The van der Waals surface area contributed by atoms with Crippen molar-refractivity contribution in [2.24, 2.45) is 23.6 Å². The van der Waals surface area contributed by atoms with Gasteiger partial charge in [0.25, 0.3) is 0 Å². The van der Waals surface area contributed by atoms with Crippen molar-refractivity contribution >= 4 is 5.91 Å². The van der Waals surface area contributed by atoms with Crippen LogP contribution in [-0.2, 0) is 9.53 Å². The van der Waals surface area contributed by atoms with Crippen LogP contribution in [0.25, 0.3) is 0 Å². The van der Waals surface area contributed by atoms with Gasteiger partial charge >= 0.3 is 0 Å². The molecule has 1 amide bonds.